The lowest BCUT2D eigenvalue weighted by Gasteiger charge is -2.26. The summed E-state index contributed by atoms with van der Waals surface area (Å²) in [5.41, 5.74) is 0.942. The first-order valence-electron chi connectivity index (χ1n) is 6.51. The molecule has 1 aromatic rings. The van der Waals surface area contributed by atoms with Gasteiger partial charge < -0.3 is 10.0 Å². The second-order valence-corrected chi connectivity index (χ2v) is 5.76. The normalized spacial score (nSPS) is 12.6. The van der Waals surface area contributed by atoms with Crippen LogP contribution in [-0.4, -0.2) is 29.4 Å². The summed E-state index contributed by atoms with van der Waals surface area (Å²) < 4.78 is 37.7. The summed E-state index contributed by atoms with van der Waals surface area (Å²) in [7, 11) is 0. The van der Waals surface area contributed by atoms with E-state index >= 15 is 0 Å². The molecule has 1 aromatic heterocycles. The smallest absolute Gasteiger partial charge is 0.392 e. The fourth-order valence-electron chi connectivity index (χ4n) is 1.78. The maximum Gasteiger partial charge on any atom is 0.405 e. The van der Waals surface area contributed by atoms with E-state index in [2.05, 4.69) is 4.98 Å². The van der Waals surface area contributed by atoms with E-state index in [1.54, 1.807) is 13.0 Å². The third-order valence-electron chi connectivity index (χ3n) is 2.90. The number of halogens is 3. The van der Waals surface area contributed by atoms with Gasteiger partial charge in [0.15, 0.2) is 0 Å². The van der Waals surface area contributed by atoms with Crippen molar-refractivity contribution in [3.63, 3.8) is 0 Å². The molecular weight excluding hydrogens is 269 g/mol. The number of aromatic nitrogens is 1. The maximum atomic E-state index is 12.6. The highest BCUT2D eigenvalue weighted by Gasteiger charge is 2.31. The fraction of sp³-hybridized carbons (Fsp3) is 0.643. The molecule has 0 aromatic carbocycles. The van der Waals surface area contributed by atoms with Gasteiger partial charge >= 0.3 is 6.18 Å². The molecule has 1 heterocycles. The van der Waals surface area contributed by atoms with E-state index < -0.39 is 12.7 Å². The lowest BCUT2D eigenvalue weighted by molar-refractivity contribution is -0.119. The van der Waals surface area contributed by atoms with Crippen LogP contribution in [0.2, 0.25) is 0 Å². The average molecular weight is 290 g/mol. The molecule has 0 radical (unpaired) electrons. The number of hydrogen-bond acceptors (Lipinski definition) is 3. The highest BCUT2D eigenvalue weighted by Crippen LogP contribution is 2.26. The Kier molecular flexibility index (Phi) is 5.02. The number of rotatable bonds is 4. The van der Waals surface area contributed by atoms with Crippen LogP contribution < -0.4 is 4.90 Å². The summed E-state index contributed by atoms with van der Waals surface area (Å²) in [4.78, 5) is 5.48. The Morgan fingerprint density at radius 3 is 2.20 bits per heavy atom. The second-order valence-electron chi connectivity index (χ2n) is 5.76. The third-order valence-corrected chi connectivity index (χ3v) is 2.90. The summed E-state index contributed by atoms with van der Waals surface area (Å²) in [5.74, 6) is 0.251. The highest BCUT2D eigenvalue weighted by molar-refractivity contribution is 5.44. The number of alkyl halides is 3. The van der Waals surface area contributed by atoms with E-state index in [9.17, 15) is 18.3 Å². The van der Waals surface area contributed by atoms with Gasteiger partial charge in [0, 0.05) is 17.7 Å². The maximum absolute atomic E-state index is 12.6. The molecule has 0 amide bonds. The van der Waals surface area contributed by atoms with Crippen LogP contribution in [0.3, 0.4) is 0 Å². The van der Waals surface area contributed by atoms with Gasteiger partial charge in [0.05, 0.1) is 6.61 Å². The van der Waals surface area contributed by atoms with Gasteiger partial charge in [-0.1, -0.05) is 20.8 Å². The Morgan fingerprint density at radius 1 is 1.20 bits per heavy atom. The molecule has 3 nitrogen and oxygen atoms in total. The molecule has 0 aliphatic heterocycles. The minimum atomic E-state index is -4.28. The van der Waals surface area contributed by atoms with Crippen molar-refractivity contribution in [3.8, 4) is 0 Å². The Morgan fingerprint density at radius 2 is 1.80 bits per heavy atom. The van der Waals surface area contributed by atoms with E-state index in [-0.39, 0.29) is 24.4 Å². The van der Waals surface area contributed by atoms with Crippen LogP contribution >= 0.6 is 0 Å². The van der Waals surface area contributed by atoms with Crippen molar-refractivity contribution in [2.24, 2.45) is 0 Å². The molecule has 0 fully saturated rings. The number of pyridine rings is 1. The summed E-state index contributed by atoms with van der Waals surface area (Å²) in [6.45, 7) is 6.37. The predicted molar refractivity (Wildman–Crippen MR) is 72.8 cm³/mol. The molecular formula is C14H21F3N2O. The molecule has 0 aliphatic carbocycles. The minimum absolute atomic E-state index is 0.199. The molecule has 0 atom stereocenters. The van der Waals surface area contributed by atoms with E-state index in [0.29, 0.717) is 11.3 Å². The summed E-state index contributed by atoms with van der Waals surface area (Å²) in [6.07, 6.45) is -4.28. The van der Waals surface area contributed by atoms with E-state index in [4.69, 9.17) is 0 Å². The Balaban J connectivity index is 3.21. The monoisotopic (exact) mass is 290 g/mol. The molecule has 20 heavy (non-hydrogen) atoms. The molecule has 114 valence electrons. The topological polar surface area (TPSA) is 36.4 Å². The molecule has 0 unspecified atom stereocenters. The van der Waals surface area contributed by atoms with Crippen molar-refractivity contribution in [1.29, 1.82) is 0 Å². The Bertz CT molecular complexity index is 453. The van der Waals surface area contributed by atoms with Gasteiger partial charge in [0.2, 0.25) is 0 Å². The molecule has 0 aliphatic rings. The van der Waals surface area contributed by atoms with Crippen molar-refractivity contribution >= 4 is 5.82 Å². The third kappa shape index (κ3) is 4.67. The molecule has 1 rings (SSSR count). The number of aliphatic hydroxyl groups excluding tert-OH is 1. The van der Waals surface area contributed by atoms with Crippen molar-refractivity contribution in [3.05, 3.63) is 23.4 Å². The van der Waals surface area contributed by atoms with Crippen LogP contribution in [0.1, 0.15) is 39.0 Å². The van der Waals surface area contributed by atoms with Gasteiger partial charge in [-0.2, -0.15) is 13.2 Å². The molecule has 1 N–H and O–H groups in total. The lowest BCUT2D eigenvalue weighted by atomic mass is 9.91. The van der Waals surface area contributed by atoms with Gasteiger partial charge in [0.1, 0.15) is 12.4 Å². The Labute approximate surface area is 117 Å². The summed E-state index contributed by atoms with van der Waals surface area (Å²) in [5, 5.41) is 9.27. The number of nitrogens with zero attached hydrogens (tertiary/aromatic N) is 2. The average Bonchev–Trinajstić information content (AvgIpc) is 2.33. The summed E-state index contributed by atoms with van der Waals surface area (Å²) >= 11 is 0. The zero-order valence-corrected chi connectivity index (χ0v) is 12.3. The van der Waals surface area contributed by atoms with Crippen LogP contribution in [0.5, 0.6) is 0 Å². The molecule has 0 spiro atoms. The first kappa shape index (κ1) is 16.8. The number of aliphatic hydroxyl groups is 1. The first-order chi connectivity index (χ1) is 9.06. The van der Waals surface area contributed by atoms with Crippen LogP contribution in [0.15, 0.2) is 12.1 Å². The second kappa shape index (κ2) is 5.99. The predicted octanol–water partition coefficient (Wildman–Crippen LogP) is 3.26. The standard InChI is InChI=1S/C14H21F3N2O/c1-5-19(9-14(15,16)17)12-7-10(8-20)6-11(18-12)13(2,3)4/h6-7,20H,5,8-9H2,1-4H3. The van der Waals surface area contributed by atoms with Gasteiger partial charge in [0.25, 0.3) is 0 Å². The summed E-state index contributed by atoms with van der Waals surface area (Å²) in [6, 6.07) is 3.23. The SMILES string of the molecule is CCN(CC(F)(F)F)c1cc(CO)cc(C(C)(C)C)n1. The number of anilines is 1. The molecule has 0 saturated heterocycles. The minimum Gasteiger partial charge on any atom is -0.392 e. The molecule has 0 bridgehead atoms. The van der Waals surface area contributed by atoms with Crippen molar-refractivity contribution in [2.45, 2.75) is 45.9 Å². The quantitative estimate of drug-likeness (QED) is 0.924. The van der Waals surface area contributed by atoms with Crippen LogP contribution in [0.4, 0.5) is 19.0 Å². The van der Waals surface area contributed by atoms with Gasteiger partial charge in [-0.05, 0) is 24.6 Å². The van der Waals surface area contributed by atoms with E-state index in [0.717, 1.165) is 4.90 Å². The highest BCUT2D eigenvalue weighted by atomic mass is 19.4. The van der Waals surface area contributed by atoms with Crippen LogP contribution in [-0.2, 0) is 12.0 Å². The first-order valence-corrected chi connectivity index (χ1v) is 6.51. The fourth-order valence-corrected chi connectivity index (χ4v) is 1.78. The largest absolute Gasteiger partial charge is 0.405 e. The van der Waals surface area contributed by atoms with Gasteiger partial charge in [-0.25, -0.2) is 4.98 Å². The molecule has 6 heteroatoms. The van der Waals surface area contributed by atoms with Crippen molar-refractivity contribution in [1.82, 2.24) is 4.98 Å². The number of hydrogen-bond donors (Lipinski definition) is 1. The Hall–Kier alpha value is -1.30. The van der Waals surface area contributed by atoms with Crippen LogP contribution in [0.25, 0.3) is 0 Å². The lowest BCUT2D eigenvalue weighted by Crippen LogP contribution is -2.35. The van der Waals surface area contributed by atoms with E-state index in [1.807, 2.05) is 20.8 Å². The van der Waals surface area contributed by atoms with Crippen LogP contribution in [0, 0.1) is 0 Å². The van der Waals surface area contributed by atoms with E-state index in [1.165, 1.54) is 6.07 Å². The van der Waals surface area contributed by atoms with Gasteiger partial charge in [-0.15, -0.1) is 0 Å². The zero-order chi connectivity index (χ0) is 15.6. The van der Waals surface area contributed by atoms with Gasteiger partial charge in [-0.3, -0.25) is 0 Å². The molecule has 0 saturated carbocycles. The zero-order valence-electron chi connectivity index (χ0n) is 12.3. The van der Waals surface area contributed by atoms with Crippen molar-refractivity contribution < 1.29 is 18.3 Å². The van der Waals surface area contributed by atoms with Crippen molar-refractivity contribution in [2.75, 3.05) is 18.0 Å².